The third-order valence-corrected chi connectivity index (χ3v) is 2.78. The molecule has 0 aromatic heterocycles. The normalized spacial score (nSPS) is 11.6. The molecule has 0 amide bonds. The lowest BCUT2D eigenvalue weighted by atomic mass is 9.98. The van der Waals surface area contributed by atoms with Crippen molar-refractivity contribution in [1.82, 2.24) is 0 Å². The molecule has 0 heterocycles. The molecule has 0 spiro atoms. The van der Waals surface area contributed by atoms with Crippen LogP contribution in [0.25, 0.3) is 0 Å². The Morgan fingerprint density at radius 2 is 1.82 bits per heavy atom. The molecule has 2 nitrogen and oxygen atoms in total. The molecule has 0 fully saturated rings. The molecule has 0 atom stereocenters. The Kier molecular flexibility index (Phi) is 7.17. The molecule has 0 aliphatic heterocycles. The minimum atomic E-state index is -0.367. The lowest BCUT2D eigenvalue weighted by Gasteiger charge is -2.25. The van der Waals surface area contributed by atoms with Gasteiger partial charge in [0.05, 0.1) is 0 Å². The van der Waals surface area contributed by atoms with Crippen molar-refractivity contribution in [2.24, 2.45) is 5.92 Å². The monoisotopic (exact) mass is 240 g/mol. The topological polar surface area (TPSA) is 26.3 Å². The average molecular weight is 240 g/mol. The maximum absolute atomic E-state index is 11.4. The summed E-state index contributed by atoms with van der Waals surface area (Å²) in [5, 5.41) is 0. The Bertz CT molecular complexity index is 252. The molecule has 0 aliphatic rings. The standard InChI is InChI=1S/C15H28O2/c1-12(2)10-8-7-9-11-15(5,6)17-14(16)13(3)4/h12H,3,7-11H2,1-2,4-6H3. The molecule has 0 saturated carbocycles. The highest BCUT2D eigenvalue weighted by molar-refractivity contribution is 5.87. The summed E-state index contributed by atoms with van der Waals surface area (Å²) in [6, 6.07) is 0. The van der Waals surface area contributed by atoms with Crippen LogP contribution in [0, 0.1) is 5.92 Å². The van der Waals surface area contributed by atoms with Crippen LogP contribution in [0.5, 0.6) is 0 Å². The highest BCUT2D eigenvalue weighted by Crippen LogP contribution is 2.21. The van der Waals surface area contributed by atoms with Crippen LogP contribution in [0.2, 0.25) is 0 Å². The highest BCUT2D eigenvalue weighted by Gasteiger charge is 2.22. The molecule has 0 aromatic rings. The van der Waals surface area contributed by atoms with Gasteiger partial charge in [0.15, 0.2) is 0 Å². The molecule has 0 unspecified atom stereocenters. The predicted octanol–water partition coefficient (Wildman–Crippen LogP) is 4.49. The quantitative estimate of drug-likeness (QED) is 0.355. The maximum Gasteiger partial charge on any atom is 0.333 e. The maximum atomic E-state index is 11.4. The summed E-state index contributed by atoms with van der Waals surface area (Å²) < 4.78 is 5.39. The zero-order chi connectivity index (χ0) is 13.5. The van der Waals surface area contributed by atoms with Crippen LogP contribution < -0.4 is 0 Å². The number of hydrogen-bond acceptors (Lipinski definition) is 2. The zero-order valence-electron chi connectivity index (χ0n) is 12.1. The van der Waals surface area contributed by atoms with Crippen molar-refractivity contribution >= 4 is 5.97 Å². The third-order valence-electron chi connectivity index (χ3n) is 2.78. The summed E-state index contributed by atoms with van der Waals surface area (Å²) in [6.07, 6.45) is 5.80. The summed E-state index contributed by atoms with van der Waals surface area (Å²) in [5.41, 5.74) is 0.103. The van der Waals surface area contributed by atoms with Crippen LogP contribution >= 0.6 is 0 Å². The van der Waals surface area contributed by atoms with Gasteiger partial charge in [-0.3, -0.25) is 0 Å². The van der Waals surface area contributed by atoms with Crippen LogP contribution in [-0.4, -0.2) is 11.6 Å². The Labute approximate surface area is 106 Å². The van der Waals surface area contributed by atoms with E-state index in [1.807, 2.05) is 13.8 Å². The number of ether oxygens (including phenoxy) is 1. The van der Waals surface area contributed by atoms with E-state index < -0.39 is 0 Å². The number of carbonyl (C=O) groups excluding carboxylic acids is 1. The van der Waals surface area contributed by atoms with Crippen LogP contribution in [0.4, 0.5) is 0 Å². The molecular weight excluding hydrogens is 212 g/mol. The first-order chi connectivity index (χ1) is 7.74. The molecule has 100 valence electrons. The van der Waals surface area contributed by atoms with Gasteiger partial charge in [0.25, 0.3) is 0 Å². The highest BCUT2D eigenvalue weighted by atomic mass is 16.6. The second-order valence-electron chi connectivity index (χ2n) is 5.92. The zero-order valence-corrected chi connectivity index (χ0v) is 12.1. The fraction of sp³-hybridized carbons (Fsp3) is 0.800. The van der Waals surface area contributed by atoms with E-state index in [0.29, 0.717) is 5.57 Å². The van der Waals surface area contributed by atoms with Crippen molar-refractivity contribution < 1.29 is 9.53 Å². The summed E-state index contributed by atoms with van der Waals surface area (Å²) >= 11 is 0. The second-order valence-corrected chi connectivity index (χ2v) is 5.92. The van der Waals surface area contributed by atoms with E-state index in [1.54, 1.807) is 6.92 Å². The van der Waals surface area contributed by atoms with Gasteiger partial charge >= 0.3 is 5.97 Å². The Hall–Kier alpha value is -0.790. The van der Waals surface area contributed by atoms with Gasteiger partial charge in [-0.2, -0.15) is 0 Å². The second kappa shape index (κ2) is 7.52. The van der Waals surface area contributed by atoms with Crippen LogP contribution in [0.15, 0.2) is 12.2 Å². The van der Waals surface area contributed by atoms with Gasteiger partial charge in [-0.1, -0.05) is 39.7 Å². The van der Waals surface area contributed by atoms with Crippen molar-refractivity contribution in [2.75, 3.05) is 0 Å². The summed E-state index contributed by atoms with van der Waals surface area (Å²) in [4.78, 5) is 11.4. The van der Waals surface area contributed by atoms with E-state index in [1.165, 1.54) is 19.3 Å². The molecule has 0 N–H and O–H groups in total. The minimum Gasteiger partial charge on any atom is -0.456 e. The predicted molar refractivity (Wildman–Crippen MR) is 72.9 cm³/mol. The lowest BCUT2D eigenvalue weighted by Crippen LogP contribution is -2.28. The van der Waals surface area contributed by atoms with Gasteiger partial charge in [0.2, 0.25) is 0 Å². The molecule has 0 bridgehead atoms. The SMILES string of the molecule is C=C(C)C(=O)OC(C)(C)CCCCCC(C)C. The first-order valence-electron chi connectivity index (χ1n) is 6.63. The van der Waals surface area contributed by atoms with Crippen molar-refractivity contribution in [2.45, 2.75) is 72.3 Å². The fourth-order valence-electron chi connectivity index (χ4n) is 1.67. The average Bonchev–Trinajstić information content (AvgIpc) is 2.15. The van der Waals surface area contributed by atoms with E-state index >= 15 is 0 Å². The molecule has 0 saturated heterocycles. The van der Waals surface area contributed by atoms with Crippen LogP contribution in [-0.2, 0) is 9.53 Å². The van der Waals surface area contributed by atoms with Gasteiger partial charge < -0.3 is 4.74 Å². The molecule has 2 heteroatoms. The summed E-state index contributed by atoms with van der Waals surface area (Å²) in [6.45, 7) is 13.7. The van der Waals surface area contributed by atoms with Gasteiger partial charge in [0, 0.05) is 5.57 Å². The number of esters is 1. The third kappa shape index (κ3) is 8.96. The number of carbonyl (C=O) groups is 1. The number of hydrogen-bond donors (Lipinski definition) is 0. The number of rotatable bonds is 8. The van der Waals surface area contributed by atoms with Crippen molar-refractivity contribution in [3.63, 3.8) is 0 Å². The van der Waals surface area contributed by atoms with E-state index in [4.69, 9.17) is 4.74 Å². The molecule has 17 heavy (non-hydrogen) atoms. The Morgan fingerprint density at radius 3 is 2.29 bits per heavy atom. The molecule has 0 aromatic carbocycles. The largest absolute Gasteiger partial charge is 0.456 e. The smallest absolute Gasteiger partial charge is 0.333 e. The van der Waals surface area contributed by atoms with Gasteiger partial charge in [-0.05, 0) is 39.5 Å². The lowest BCUT2D eigenvalue weighted by molar-refractivity contribution is -0.152. The molecule has 0 rings (SSSR count). The van der Waals surface area contributed by atoms with Gasteiger partial charge in [-0.15, -0.1) is 0 Å². The van der Waals surface area contributed by atoms with Crippen LogP contribution in [0.3, 0.4) is 0 Å². The fourth-order valence-corrected chi connectivity index (χ4v) is 1.67. The van der Waals surface area contributed by atoms with Gasteiger partial charge in [-0.25, -0.2) is 4.79 Å². The summed E-state index contributed by atoms with van der Waals surface area (Å²) in [7, 11) is 0. The molecule has 0 radical (unpaired) electrons. The number of unbranched alkanes of at least 4 members (excludes halogenated alkanes) is 2. The molecule has 0 aliphatic carbocycles. The van der Waals surface area contributed by atoms with Crippen LogP contribution in [0.1, 0.15) is 66.7 Å². The Balaban J connectivity index is 3.78. The summed E-state index contributed by atoms with van der Waals surface area (Å²) in [5.74, 6) is 0.501. The van der Waals surface area contributed by atoms with Gasteiger partial charge in [0.1, 0.15) is 5.60 Å². The first-order valence-corrected chi connectivity index (χ1v) is 6.63. The van der Waals surface area contributed by atoms with E-state index in [9.17, 15) is 4.79 Å². The Morgan fingerprint density at radius 1 is 1.24 bits per heavy atom. The van der Waals surface area contributed by atoms with Crippen molar-refractivity contribution in [1.29, 1.82) is 0 Å². The van der Waals surface area contributed by atoms with Crippen molar-refractivity contribution in [3.05, 3.63) is 12.2 Å². The van der Waals surface area contributed by atoms with E-state index in [0.717, 1.165) is 18.8 Å². The molecular formula is C15H28O2. The minimum absolute atomic E-state index is 0.280. The van der Waals surface area contributed by atoms with E-state index in [2.05, 4.69) is 20.4 Å². The van der Waals surface area contributed by atoms with Crippen molar-refractivity contribution in [3.8, 4) is 0 Å². The van der Waals surface area contributed by atoms with E-state index in [-0.39, 0.29) is 11.6 Å². The first kappa shape index (κ1) is 16.2.